The minimum absolute atomic E-state index is 0.171. The van der Waals surface area contributed by atoms with E-state index in [0.29, 0.717) is 36.6 Å². The zero-order valence-electron chi connectivity index (χ0n) is 15.2. The molecule has 1 aromatic heterocycles. The van der Waals surface area contributed by atoms with Crippen LogP contribution in [0.5, 0.6) is 0 Å². The van der Waals surface area contributed by atoms with E-state index < -0.39 is 0 Å². The zero-order valence-corrected chi connectivity index (χ0v) is 15.2. The molecular weight excluding hydrogens is 342 g/mol. The smallest absolute Gasteiger partial charge is 0.255 e. The first-order chi connectivity index (χ1) is 13.2. The predicted octanol–water partition coefficient (Wildman–Crippen LogP) is 3.58. The van der Waals surface area contributed by atoms with Crippen LogP contribution >= 0.6 is 0 Å². The molecule has 0 bridgehead atoms. The van der Waals surface area contributed by atoms with Crippen LogP contribution in [0.3, 0.4) is 0 Å². The molecule has 0 unspecified atom stereocenters. The van der Waals surface area contributed by atoms with Crippen LogP contribution < -0.4 is 10.6 Å². The van der Waals surface area contributed by atoms with Gasteiger partial charge in [0.05, 0.1) is 0 Å². The van der Waals surface area contributed by atoms with Gasteiger partial charge in [-0.3, -0.25) is 9.59 Å². The maximum Gasteiger partial charge on any atom is 0.255 e. The fourth-order valence-corrected chi connectivity index (χ4v) is 2.75. The molecule has 1 heterocycles. The Labute approximate surface area is 157 Å². The van der Waals surface area contributed by atoms with Crippen molar-refractivity contribution in [1.29, 1.82) is 0 Å². The van der Waals surface area contributed by atoms with Crippen molar-refractivity contribution in [3.05, 3.63) is 65.9 Å². The number of aromatic nitrogens is 1. The van der Waals surface area contributed by atoms with Crippen molar-refractivity contribution in [2.45, 2.75) is 13.3 Å². The van der Waals surface area contributed by atoms with E-state index in [1.807, 2.05) is 25.3 Å². The van der Waals surface area contributed by atoms with Crippen LogP contribution in [0.25, 0.3) is 10.9 Å². The Balaban J connectivity index is 1.61. The van der Waals surface area contributed by atoms with E-state index in [-0.39, 0.29) is 11.8 Å². The number of amides is 2. The monoisotopic (exact) mass is 365 g/mol. The molecule has 0 fully saturated rings. The normalized spacial score (nSPS) is 10.7. The molecule has 0 aliphatic carbocycles. The number of hydrogen-bond acceptors (Lipinski definition) is 3. The second-order valence-electron chi connectivity index (χ2n) is 6.12. The second kappa shape index (κ2) is 9.00. The van der Waals surface area contributed by atoms with Crippen LogP contribution in [0.2, 0.25) is 0 Å². The van der Waals surface area contributed by atoms with Crippen LogP contribution in [0.4, 0.5) is 5.69 Å². The van der Waals surface area contributed by atoms with Gasteiger partial charge in [-0.15, -0.1) is 0 Å². The third-order valence-electron chi connectivity index (χ3n) is 4.15. The predicted molar refractivity (Wildman–Crippen MR) is 106 cm³/mol. The first-order valence-corrected chi connectivity index (χ1v) is 9.02. The van der Waals surface area contributed by atoms with Gasteiger partial charge in [-0.05, 0) is 55.1 Å². The van der Waals surface area contributed by atoms with Crippen LogP contribution in [-0.2, 0) is 4.74 Å². The largest absolute Gasteiger partial charge is 0.382 e. The van der Waals surface area contributed by atoms with E-state index in [0.717, 1.165) is 17.3 Å². The summed E-state index contributed by atoms with van der Waals surface area (Å²) in [4.78, 5) is 27.8. The van der Waals surface area contributed by atoms with E-state index in [2.05, 4.69) is 15.6 Å². The van der Waals surface area contributed by atoms with Gasteiger partial charge < -0.3 is 20.4 Å². The lowest BCUT2D eigenvalue weighted by atomic mass is 10.1. The number of nitrogens with one attached hydrogen (secondary N) is 3. The lowest BCUT2D eigenvalue weighted by molar-refractivity contribution is 0.0943. The van der Waals surface area contributed by atoms with Gasteiger partial charge >= 0.3 is 0 Å². The summed E-state index contributed by atoms with van der Waals surface area (Å²) in [5, 5.41) is 6.74. The molecule has 3 aromatic rings. The van der Waals surface area contributed by atoms with E-state index in [1.54, 1.807) is 36.4 Å². The first kappa shape index (κ1) is 18.7. The minimum atomic E-state index is -0.222. The Morgan fingerprint density at radius 2 is 1.89 bits per heavy atom. The van der Waals surface area contributed by atoms with Gasteiger partial charge in [-0.1, -0.05) is 12.1 Å². The molecule has 0 radical (unpaired) electrons. The highest BCUT2D eigenvalue weighted by atomic mass is 16.5. The summed E-state index contributed by atoms with van der Waals surface area (Å²) in [7, 11) is 0. The number of ether oxygens (including phenoxy) is 1. The van der Waals surface area contributed by atoms with Gasteiger partial charge in [0.15, 0.2) is 0 Å². The first-order valence-electron chi connectivity index (χ1n) is 9.02. The van der Waals surface area contributed by atoms with Gasteiger partial charge in [0.25, 0.3) is 11.8 Å². The van der Waals surface area contributed by atoms with Crippen molar-refractivity contribution in [3.8, 4) is 0 Å². The zero-order chi connectivity index (χ0) is 19.1. The maximum absolute atomic E-state index is 12.5. The Kier molecular flexibility index (Phi) is 6.22. The number of carbonyl (C=O) groups is 2. The number of H-pyrrole nitrogens is 1. The van der Waals surface area contributed by atoms with E-state index in [1.165, 1.54) is 0 Å². The van der Waals surface area contributed by atoms with Gasteiger partial charge in [-0.2, -0.15) is 0 Å². The Bertz CT molecular complexity index is 933. The lowest BCUT2D eigenvalue weighted by Crippen LogP contribution is -2.25. The summed E-state index contributed by atoms with van der Waals surface area (Å²) in [5.41, 5.74) is 2.54. The molecule has 0 atom stereocenters. The molecule has 3 rings (SSSR count). The van der Waals surface area contributed by atoms with Crippen molar-refractivity contribution < 1.29 is 14.3 Å². The number of hydrogen-bond donors (Lipinski definition) is 3. The molecule has 2 aromatic carbocycles. The highest BCUT2D eigenvalue weighted by molar-refractivity contribution is 6.06. The number of aromatic amines is 1. The summed E-state index contributed by atoms with van der Waals surface area (Å²) in [6.45, 7) is 3.78. The van der Waals surface area contributed by atoms with Gasteiger partial charge in [0.1, 0.15) is 0 Å². The van der Waals surface area contributed by atoms with Crippen LogP contribution in [0.15, 0.2) is 54.7 Å². The van der Waals surface area contributed by atoms with E-state index in [9.17, 15) is 9.59 Å². The fourth-order valence-electron chi connectivity index (χ4n) is 2.75. The molecule has 6 heteroatoms. The van der Waals surface area contributed by atoms with Crippen LogP contribution in [0.1, 0.15) is 34.1 Å². The number of anilines is 1. The number of rotatable bonds is 8. The standard InChI is InChI=1S/C21H23N3O3/c1-2-27-12-4-10-23-20(25)16-5-3-6-18(13-16)24-21(26)17-8-7-15-9-11-22-19(15)14-17/h3,5-9,11,13-14,22H,2,4,10,12H2,1H3,(H,23,25)(H,24,26). The average Bonchev–Trinajstić information content (AvgIpc) is 3.15. The van der Waals surface area contributed by atoms with E-state index in [4.69, 9.17) is 4.74 Å². The Hall–Kier alpha value is -3.12. The second-order valence-corrected chi connectivity index (χ2v) is 6.12. The molecule has 0 saturated carbocycles. The summed E-state index contributed by atoms with van der Waals surface area (Å²) in [6.07, 6.45) is 2.60. The van der Waals surface area contributed by atoms with Crippen molar-refractivity contribution in [2.24, 2.45) is 0 Å². The van der Waals surface area contributed by atoms with Gasteiger partial charge in [-0.25, -0.2) is 0 Å². The molecule has 2 amide bonds. The lowest BCUT2D eigenvalue weighted by Gasteiger charge is -2.09. The molecule has 0 saturated heterocycles. The molecule has 140 valence electrons. The van der Waals surface area contributed by atoms with Gasteiger partial charge in [0, 0.05) is 48.3 Å². The van der Waals surface area contributed by atoms with Crippen LogP contribution in [0, 0.1) is 0 Å². The Morgan fingerprint density at radius 3 is 2.74 bits per heavy atom. The Morgan fingerprint density at radius 1 is 1.04 bits per heavy atom. The molecule has 6 nitrogen and oxygen atoms in total. The molecule has 27 heavy (non-hydrogen) atoms. The molecule has 0 spiro atoms. The number of carbonyl (C=O) groups excluding carboxylic acids is 2. The van der Waals surface area contributed by atoms with Gasteiger partial charge in [0.2, 0.25) is 0 Å². The quantitative estimate of drug-likeness (QED) is 0.534. The number of benzene rings is 2. The SMILES string of the molecule is CCOCCCNC(=O)c1cccc(NC(=O)c2ccc3cc[nH]c3c2)c1. The summed E-state index contributed by atoms with van der Waals surface area (Å²) in [6, 6.07) is 14.3. The third kappa shape index (κ3) is 4.95. The molecule has 0 aliphatic rings. The topological polar surface area (TPSA) is 83.2 Å². The minimum Gasteiger partial charge on any atom is -0.382 e. The third-order valence-corrected chi connectivity index (χ3v) is 4.15. The molecule has 0 aliphatic heterocycles. The fraction of sp³-hybridized carbons (Fsp3) is 0.238. The van der Waals surface area contributed by atoms with Crippen molar-refractivity contribution in [3.63, 3.8) is 0 Å². The van der Waals surface area contributed by atoms with Crippen molar-refractivity contribution in [2.75, 3.05) is 25.1 Å². The highest BCUT2D eigenvalue weighted by Crippen LogP contribution is 2.16. The summed E-state index contributed by atoms with van der Waals surface area (Å²) >= 11 is 0. The van der Waals surface area contributed by atoms with Crippen molar-refractivity contribution in [1.82, 2.24) is 10.3 Å². The molecule has 3 N–H and O–H groups in total. The maximum atomic E-state index is 12.5. The van der Waals surface area contributed by atoms with E-state index >= 15 is 0 Å². The molecular formula is C21H23N3O3. The number of fused-ring (bicyclic) bond motifs is 1. The summed E-state index contributed by atoms with van der Waals surface area (Å²) < 4.78 is 5.25. The van der Waals surface area contributed by atoms with Crippen molar-refractivity contribution >= 4 is 28.4 Å². The average molecular weight is 365 g/mol. The summed E-state index contributed by atoms with van der Waals surface area (Å²) in [5.74, 6) is -0.392. The van der Waals surface area contributed by atoms with Crippen LogP contribution in [-0.4, -0.2) is 36.6 Å². The highest BCUT2D eigenvalue weighted by Gasteiger charge is 2.10.